The number of benzene rings is 2. The average Bonchev–Trinajstić information content (AvgIpc) is 2.68. The van der Waals surface area contributed by atoms with Crippen LogP contribution in [0.3, 0.4) is 0 Å². The SMILES string of the molecule is CC(O)C1(CCNC(=O)[C@H](C)Nc2ccc3ccccc3c2)C=CC=CC1. The molecule has 3 N–H and O–H groups in total. The fraction of sp³-hybridized carbons (Fsp3) is 0.348. The molecule has 1 aliphatic carbocycles. The summed E-state index contributed by atoms with van der Waals surface area (Å²) in [5.41, 5.74) is 0.633. The molecule has 2 unspecified atom stereocenters. The molecule has 0 saturated carbocycles. The summed E-state index contributed by atoms with van der Waals surface area (Å²) in [7, 11) is 0. The Morgan fingerprint density at radius 1 is 1.15 bits per heavy atom. The highest BCUT2D eigenvalue weighted by atomic mass is 16.3. The van der Waals surface area contributed by atoms with Crippen molar-refractivity contribution in [2.24, 2.45) is 5.41 Å². The second kappa shape index (κ2) is 8.40. The van der Waals surface area contributed by atoms with E-state index in [9.17, 15) is 9.90 Å². The first-order chi connectivity index (χ1) is 13.0. The standard InChI is InChI=1S/C23H28N2O2/c1-17(25-21-11-10-19-8-4-5-9-20(19)16-21)22(27)24-15-14-23(18(2)26)12-6-3-7-13-23/h3-12,16-18,25-26H,13-15H2,1-2H3,(H,24,27)/t17-,18?,23?/m0/s1. The van der Waals surface area contributed by atoms with Gasteiger partial charge < -0.3 is 15.7 Å². The molecule has 2 aromatic rings. The molecular formula is C23H28N2O2. The third-order valence-corrected chi connectivity index (χ3v) is 5.42. The van der Waals surface area contributed by atoms with Gasteiger partial charge in [-0.15, -0.1) is 0 Å². The van der Waals surface area contributed by atoms with Gasteiger partial charge in [0.1, 0.15) is 6.04 Å². The van der Waals surface area contributed by atoms with Crippen LogP contribution >= 0.6 is 0 Å². The lowest BCUT2D eigenvalue weighted by molar-refractivity contribution is -0.121. The van der Waals surface area contributed by atoms with E-state index >= 15 is 0 Å². The minimum atomic E-state index is -0.455. The van der Waals surface area contributed by atoms with E-state index in [2.05, 4.69) is 47.1 Å². The van der Waals surface area contributed by atoms with Gasteiger partial charge in [-0.3, -0.25) is 4.79 Å². The van der Waals surface area contributed by atoms with Crippen LogP contribution < -0.4 is 10.6 Å². The van der Waals surface area contributed by atoms with E-state index in [0.717, 1.165) is 17.5 Å². The molecule has 1 amide bonds. The number of carbonyl (C=O) groups excluding carboxylic acids is 1. The van der Waals surface area contributed by atoms with Gasteiger partial charge in [0.15, 0.2) is 0 Å². The molecule has 4 nitrogen and oxygen atoms in total. The lowest BCUT2D eigenvalue weighted by atomic mass is 9.74. The highest BCUT2D eigenvalue weighted by Gasteiger charge is 2.32. The summed E-state index contributed by atoms with van der Waals surface area (Å²) < 4.78 is 0. The van der Waals surface area contributed by atoms with Crippen LogP contribution in [0.5, 0.6) is 0 Å². The number of nitrogens with one attached hydrogen (secondary N) is 2. The van der Waals surface area contributed by atoms with Gasteiger partial charge in [0.2, 0.25) is 5.91 Å². The van der Waals surface area contributed by atoms with Gasteiger partial charge in [0.05, 0.1) is 6.10 Å². The van der Waals surface area contributed by atoms with Gasteiger partial charge in [-0.25, -0.2) is 0 Å². The molecule has 0 aromatic heterocycles. The number of rotatable bonds is 7. The summed E-state index contributed by atoms with van der Waals surface area (Å²) in [6.07, 6.45) is 9.14. The molecule has 0 aliphatic heterocycles. The predicted octanol–water partition coefficient (Wildman–Crippen LogP) is 4.03. The van der Waals surface area contributed by atoms with Crippen molar-refractivity contribution in [2.75, 3.05) is 11.9 Å². The number of amides is 1. The Hall–Kier alpha value is -2.59. The largest absolute Gasteiger partial charge is 0.393 e. The topological polar surface area (TPSA) is 61.4 Å². The summed E-state index contributed by atoms with van der Waals surface area (Å²) in [6.45, 7) is 4.21. The number of fused-ring (bicyclic) bond motifs is 1. The molecule has 2 aromatic carbocycles. The fourth-order valence-electron chi connectivity index (χ4n) is 3.55. The van der Waals surface area contributed by atoms with Gasteiger partial charge in [-0.05, 0) is 49.6 Å². The van der Waals surface area contributed by atoms with E-state index in [1.807, 2.05) is 44.2 Å². The highest BCUT2D eigenvalue weighted by Crippen LogP contribution is 2.35. The fourth-order valence-corrected chi connectivity index (χ4v) is 3.55. The molecule has 1 aliphatic rings. The second-order valence-corrected chi connectivity index (χ2v) is 7.37. The lowest BCUT2D eigenvalue weighted by Gasteiger charge is -2.34. The zero-order valence-electron chi connectivity index (χ0n) is 16.0. The number of hydrogen-bond acceptors (Lipinski definition) is 3. The summed E-state index contributed by atoms with van der Waals surface area (Å²) in [4.78, 5) is 12.5. The van der Waals surface area contributed by atoms with Crippen LogP contribution in [0.2, 0.25) is 0 Å². The number of carbonyl (C=O) groups is 1. The van der Waals surface area contributed by atoms with Gasteiger partial charge in [-0.1, -0.05) is 54.6 Å². The Balaban J connectivity index is 1.54. The van der Waals surface area contributed by atoms with Gasteiger partial charge >= 0.3 is 0 Å². The van der Waals surface area contributed by atoms with E-state index in [1.54, 1.807) is 0 Å². The summed E-state index contributed by atoms with van der Waals surface area (Å²) in [5, 5.41) is 18.8. The molecule has 27 heavy (non-hydrogen) atoms. The predicted molar refractivity (Wildman–Crippen MR) is 112 cm³/mol. The highest BCUT2D eigenvalue weighted by molar-refractivity contribution is 5.88. The molecule has 4 heteroatoms. The van der Waals surface area contributed by atoms with E-state index in [-0.39, 0.29) is 17.4 Å². The third kappa shape index (κ3) is 4.58. The Bertz CT molecular complexity index is 856. The maximum Gasteiger partial charge on any atom is 0.242 e. The normalized spacial score (nSPS) is 21.0. The summed E-state index contributed by atoms with van der Waals surface area (Å²) in [6, 6.07) is 13.9. The molecule has 0 heterocycles. The molecule has 0 spiro atoms. The van der Waals surface area contributed by atoms with Crippen LogP contribution in [0.4, 0.5) is 5.69 Å². The molecule has 3 atom stereocenters. The first kappa shape index (κ1) is 19.2. The Morgan fingerprint density at radius 3 is 2.63 bits per heavy atom. The third-order valence-electron chi connectivity index (χ3n) is 5.42. The van der Waals surface area contributed by atoms with Crippen molar-refractivity contribution in [3.8, 4) is 0 Å². The zero-order chi connectivity index (χ0) is 19.3. The number of aliphatic hydroxyl groups is 1. The van der Waals surface area contributed by atoms with Gasteiger partial charge in [-0.2, -0.15) is 0 Å². The van der Waals surface area contributed by atoms with Crippen molar-refractivity contribution in [1.82, 2.24) is 5.32 Å². The Labute approximate surface area is 161 Å². The van der Waals surface area contributed by atoms with Gasteiger partial charge in [0, 0.05) is 17.6 Å². The molecule has 0 saturated heterocycles. The van der Waals surface area contributed by atoms with Gasteiger partial charge in [0.25, 0.3) is 0 Å². The van der Waals surface area contributed by atoms with Crippen molar-refractivity contribution >= 4 is 22.4 Å². The molecular weight excluding hydrogens is 336 g/mol. The van der Waals surface area contributed by atoms with Crippen molar-refractivity contribution in [3.05, 3.63) is 66.8 Å². The average molecular weight is 364 g/mol. The summed E-state index contributed by atoms with van der Waals surface area (Å²) >= 11 is 0. The Kier molecular flexibility index (Phi) is 5.97. The molecule has 3 rings (SSSR count). The van der Waals surface area contributed by atoms with Crippen molar-refractivity contribution in [3.63, 3.8) is 0 Å². The van der Waals surface area contributed by atoms with Crippen LogP contribution in [0.1, 0.15) is 26.7 Å². The maximum atomic E-state index is 12.5. The number of hydrogen-bond donors (Lipinski definition) is 3. The van der Waals surface area contributed by atoms with E-state index in [1.165, 1.54) is 5.39 Å². The Morgan fingerprint density at radius 2 is 1.93 bits per heavy atom. The van der Waals surface area contributed by atoms with Crippen LogP contribution in [0.25, 0.3) is 10.8 Å². The number of aliphatic hydroxyl groups excluding tert-OH is 1. The molecule has 0 radical (unpaired) electrons. The monoisotopic (exact) mass is 364 g/mol. The minimum Gasteiger partial charge on any atom is -0.393 e. The molecule has 142 valence electrons. The maximum absolute atomic E-state index is 12.5. The first-order valence-electron chi connectivity index (χ1n) is 9.56. The van der Waals surface area contributed by atoms with Crippen LogP contribution in [0, 0.1) is 5.41 Å². The number of anilines is 1. The minimum absolute atomic E-state index is 0.0424. The quantitative estimate of drug-likeness (QED) is 0.695. The van der Waals surface area contributed by atoms with Crippen LogP contribution in [0.15, 0.2) is 66.8 Å². The summed E-state index contributed by atoms with van der Waals surface area (Å²) in [5.74, 6) is -0.0424. The smallest absolute Gasteiger partial charge is 0.242 e. The van der Waals surface area contributed by atoms with E-state index < -0.39 is 6.10 Å². The number of allylic oxidation sites excluding steroid dienone is 3. The molecule has 0 bridgehead atoms. The molecule has 0 fully saturated rings. The van der Waals surface area contributed by atoms with E-state index in [4.69, 9.17) is 0 Å². The van der Waals surface area contributed by atoms with Crippen molar-refractivity contribution in [2.45, 2.75) is 38.8 Å². The van der Waals surface area contributed by atoms with Crippen LogP contribution in [-0.2, 0) is 4.79 Å². The van der Waals surface area contributed by atoms with Crippen molar-refractivity contribution in [1.29, 1.82) is 0 Å². The van der Waals surface area contributed by atoms with E-state index in [0.29, 0.717) is 13.0 Å². The zero-order valence-corrected chi connectivity index (χ0v) is 16.0. The second-order valence-electron chi connectivity index (χ2n) is 7.37. The lowest BCUT2D eigenvalue weighted by Crippen LogP contribution is -2.41. The van der Waals surface area contributed by atoms with Crippen LogP contribution in [-0.4, -0.2) is 29.7 Å². The first-order valence-corrected chi connectivity index (χ1v) is 9.56. The van der Waals surface area contributed by atoms with Crippen molar-refractivity contribution < 1.29 is 9.90 Å².